The van der Waals surface area contributed by atoms with Gasteiger partial charge in [-0.15, -0.1) is 0 Å². The average Bonchev–Trinajstić information content (AvgIpc) is 3.46. The van der Waals surface area contributed by atoms with E-state index in [1.807, 2.05) is 0 Å². The third-order valence-electron chi connectivity index (χ3n) is 14.9. The van der Waals surface area contributed by atoms with E-state index in [2.05, 4.69) is 27.7 Å². The van der Waals surface area contributed by atoms with Crippen molar-refractivity contribution in [2.75, 3.05) is 39.6 Å². The van der Waals surface area contributed by atoms with Crippen LogP contribution in [0.15, 0.2) is 0 Å². The second-order valence-electron chi connectivity index (χ2n) is 23.2. The first-order chi connectivity index (χ1) is 40.2. The minimum atomic E-state index is -4.94. The van der Waals surface area contributed by atoms with Crippen LogP contribution in [0.2, 0.25) is 0 Å². The zero-order valence-electron chi connectivity index (χ0n) is 53.2. The molecule has 0 aromatic heterocycles. The molecule has 0 rings (SSSR count). The summed E-state index contributed by atoms with van der Waals surface area (Å²) in [6.07, 6.45) is 44.2. The Hall–Kier alpha value is -1.94. The van der Waals surface area contributed by atoms with Crippen LogP contribution in [0.5, 0.6) is 0 Å². The Morgan fingerprint density at radius 2 is 0.482 bits per heavy atom. The average molecular weight is 1230 g/mol. The number of hydrogen-bond donors (Lipinski definition) is 3. The van der Waals surface area contributed by atoms with Crippen LogP contribution in [0.25, 0.3) is 0 Å². The Bertz CT molecular complexity index is 1600. The van der Waals surface area contributed by atoms with E-state index in [1.54, 1.807) is 0 Å². The van der Waals surface area contributed by atoms with E-state index in [1.165, 1.54) is 161 Å². The predicted octanol–water partition coefficient (Wildman–Crippen LogP) is 17.9. The highest BCUT2D eigenvalue weighted by atomic mass is 31.2. The van der Waals surface area contributed by atoms with Gasteiger partial charge in [0.05, 0.1) is 26.4 Å². The Morgan fingerprint density at radius 1 is 0.289 bits per heavy atom. The van der Waals surface area contributed by atoms with Gasteiger partial charge in [-0.2, -0.15) is 0 Å². The lowest BCUT2D eigenvalue weighted by Crippen LogP contribution is -2.30. The summed E-state index contributed by atoms with van der Waals surface area (Å²) < 4.78 is 68.0. The zero-order chi connectivity index (χ0) is 61.2. The van der Waals surface area contributed by atoms with Crippen LogP contribution >= 0.6 is 15.6 Å². The van der Waals surface area contributed by atoms with E-state index in [0.29, 0.717) is 25.7 Å². The normalized spacial score (nSPS) is 14.2. The summed E-state index contributed by atoms with van der Waals surface area (Å²) in [7, 11) is -9.88. The summed E-state index contributed by atoms with van der Waals surface area (Å²) in [6, 6.07) is 0. The van der Waals surface area contributed by atoms with Crippen molar-refractivity contribution < 1.29 is 80.2 Å². The molecule has 0 aliphatic heterocycles. The fourth-order valence-corrected chi connectivity index (χ4v) is 11.2. The number of carbonyl (C=O) groups excluding carboxylic acids is 4. The summed E-state index contributed by atoms with van der Waals surface area (Å²) in [6.45, 7) is 4.88. The number of phosphoric ester groups is 2. The minimum absolute atomic E-state index is 0.107. The monoisotopic (exact) mass is 1230 g/mol. The quantitative estimate of drug-likeness (QED) is 0.0222. The summed E-state index contributed by atoms with van der Waals surface area (Å²) in [5.74, 6) is -2.13. The lowest BCUT2D eigenvalue weighted by molar-refractivity contribution is -0.161. The molecule has 0 aromatic rings. The molecule has 0 aliphatic rings. The molecule has 5 atom stereocenters. The molecule has 0 amide bonds. The Kier molecular flexibility index (Phi) is 57.7. The van der Waals surface area contributed by atoms with Crippen molar-refractivity contribution in [2.45, 2.75) is 348 Å². The number of ether oxygens (including phenoxy) is 4. The van der Waals surface area contributed by atoms with Crippen molar-refractivity contribution in [3.63, 3.8) is 0 Å². The van der Waals surface area contributed by atoms with Crippen molar-refractivity contribution in [3.8, 4) is 0 Å². The molecule has 2 unspecified atom stereocenters. The molecule has 17 nitrogen and oxygen atoms in total. The van der Waals surface area contributed by atoms with E-state index in [4.69, 9.17) is 37.0 Å². The van der Waals surface area contributed by atoms with Crippen LogP contribution < -0.4 is 0 Å². The topological polar surface area (TPSA) is 237 Å². The van der Waals surface area contributed by atoms with E-state index >= 15 is 0 Å². The van der Waals surface area contributed by atoms with E-state index in [-0.39, 0.29) is 25.7 Å². The van der Waals surface area contributed by atoms with E-state index in [9.17, 15) is 43.2 Å². The molecule has 0 heterocycles. The van der Waals surface area contributed by atoms with E-state index < -0.39 is 97.5 Å². The summed E-state index contributed by atoms with van der Waals surface area (Å²) >= 11 is 0. The van der Waals surface area contributed by atoms with Crippen molar-refractivity contribution in [3.05, 3.63) is 0 Å². The van der Waals surface area contributed by atoms with Gasteiger partial charge in [0.25, 0.3) is 0 Å². The first kappa shape index (κ1) is 81.1. The second kappa shape index (κ2) is 59.0. The van der Waals surface area contributed by atoms with Crippen molar-refractivity contribution >= 4 is 39.5 Å². The van der Waals surface area contributed by atoms with Gasteiger partial charge >= 0.3 is 39.5 Å². The molecule has 0 aliphatic carbocycles. The van der Waals surface area contributed by atoms with Gasteiger partial charge in [-0.3, -0.25) is 37.3 Å². The first-order valence-corrected chi connectivity index (χ1v) is 36.8. The molecule has 0 radical (unpaired) electrons. The van der Waals surface area contributed by atoms with Crippen molar-refractivity contribution in [1.29, 1.82) is 0 Å². The standard InChI is InChI=1S/C64H124O17P2/c1-5-9-13-17-21-25-29-30-31-35-39-43-47-51-64(69)81-60(55-75-62(67)49-45-41-37-33-27-23-19-15-11-7-3)57-79-83(72,73)77-53-58(65)52-76-82(70,71)78-56-59(80-63(68)50-46-42-38-34-28-24-20-16-12-8-4)54-74-61(66)48-44-40-36-32-26-22-18-14-10-6-2/h58-60,65H,5-57H2,1-4H3,(H,70,71)(H,72,73)/t58-,59+,60+/m0/s1. The molecular weight excluding hydrogens is 1100 g/mol. The number of aliphatic hydroxyl groups excluding tert-OH is 1. The molecule has 83 heavy (non-hydrogen) atoms. The zero-order valence-corrected chi connectivity index (χ0v) is 54.9. The number of rotatable bonds is 65. The molecule has 0 saturated heterocycles. The molecule has 3 N–H and O–H groups in total. The number of unbranched alkanes of at least 4 members (excludes halogenated alkanes) is 39. The van der Waals surface area contributed by atoms with Crippen molar-refractivity contribution in [1.82, 2.24) is 0 Å². The van der Waals surface area contributed by atoms with Crippen LogP contribution in [0.4, 0.5) is 0 Å². The molecular formula is C64H124O17P2. The lowest BCUT2D eigenvalue weighted by atomic mass is 10.0. The first-order valence-electron chi connectivity index (χ1n) is 33.8. The number of esters is 4. The van der Waals surface area contributed by atoms with Crippen LogP contribution in [0, 0.1) is 0 Å². The highest BCUT2D eigenvalue weighted by molar-refractivity contribution is 7.47. The lowest BCUT2D eigenvalue weighted by Gasteiger charge is -2.21. The smallest absolute Gasteiger partial charge is 0.462 e. The minimum Gasteiger partial charge on any atom is -0.462 e. The summed E-state index contributed by atoms with van der Waals surface area (Å²) in [5.41, 5.74) is 0. The molecule has 0 aromatic carbocycles. The van der Waals surface area contributed by atoms with Crippen LogP contribution in [-0.2, 0) is 65.4 Å². The molecule has 19 heteroatoms. The molecule has 492 valence electrons. The van der Waals surface area contributed by atoms with Gasteiger partial charge in [0.15, 0.2) is 12.2 Å². The Labute approximate surface area is 505 Å². The Morgan fingerprint density at radius 3 is 0.711 bits per heavy atom. The number of aliphatic hydroxyl groups is 1. The van der Waals surface area contributed by atoms with E-state index in [0.717, 1.165) is 89.9 Å². The molecule has 0 bridgehead atoms. The highest BCUT2D eigenvalue weighted by Gasteiger charge is 2.30. The maximum Gasteiger partial charge on any atom is 0.472 e. The van der Waals surface area contributed by atoms with Crippen LogP contribution in [0.1, 0.15) is 329 Å². The van der Waals surface area contributed by atoms with Crippen molar-refractivity contribution in [2.24, 2.45) is 0 Å². The predicted molar refractivity (Wildman–Crippen MR) is 331 cm³/mol. The summed E-state index contributed by atoms with van der Waals surface area (Å²) in [5, 5.41) is 10.5. The van der Waals surface area contributed by atoms with Gasteiger partial charge in [0.2, 0.25) is 0 Å². The SMILES string of the molecule is CCCCCCCCCCCCCCCC(=O)O[C@H](COC(=O)CCCCCCCCCCCC)COP(=O)(O)OC[C@@H](O)COP(=O)(O)OC[C@@H](COC(=O)CCCCCCCCCCCC)OC(=O)CCCCCCCCCCCC. The van der Waals surface area contributed by atoms with Gasteiger partial charge in [0.1, 0.15) is 19.3 Å². The largest absolute Gasteiger partial charge is 0.472 e. The fraction of sp³-hybridized carbons (Fsp3) is 0.938. The maximum atomic E-state index is 13.0. The third-order valence-corrected chi connectivity index (χ3v) is 16.8. The number of hydrogen-bond acceptors (Lipinski definition) is 15. The maximum absolute atomic E-state index is 13.0. The van der Waals surface area contributed by atoms with Gasteiger partial charge in [-0.25, -0.2) is 9.13 Å². The molecule has 0 fully saturated rings. The molecule has 0 spiro atoms. The number of phosphoric acid groups is 2. The van der Waals surface area contributed by atoms with Crippen LogP contribution in [-0.4, -0.2) is 96.7 Å². The Balaban J connectivity index is 5.23. The third kappa shape index (κ3) is 58.8. The summed E-state index contributed by atoms with van der Waals surface area (Å²) in [4.78, 5) is 72.2. The number of carbonyl (C=O) groups is 4. The van der Waals surface area contributed by atoms with Gasteiger partial charge < -0.3 is 33.8 Å². The van der Waals surface area contributed by atoms with Gasteiger partial charge in [-0.1, -0.05) is 278 Å². The van der Waals surface area contributed by atoms with Crippen LogP contribution in [0.3, 0.4) is 0 Å². The van der Waals surface area contributed by atoms with Gasteiger partial charge in [0, 0.05) is 25.7 Å². The second-order valence-corrected chi connectivity index (χ2v) is 26.1. The highest BCUT2D eigenvalue weighted by Crippen LogP contribution is 2.45. The fourth-order valence-electron chi connectivity index (χ4n) is 9.63. The van der Waals surface area contributed by atoms with Gasteiger partial charge in [-0.05, 0) is 25.7 Å². The molecule has 0 saturated carbocycles.